The van der Waals surface area contributed by atoms with Crippen molar-refractivity contribution >= 4 is 0 Å². The van der Waals surface area contributed by atoms with Gasteiger partial charge in [0.25, 0.3) is 0 Å². The van der Waals surface area contributed by atoms with Crippen molar-refractivity contribution in [2.45, 2.75) is 39.7 Å². The normalized spacial score (nSPS) is 44.2. The first-order chi connectivity index (χ1) is 5.12. The number of hydrogen-bond acceptors (Lipinski definition) is 1. The summed E-state index contributed by atoms with van der Waals surface area (Å²) in [5.74, 6) is 1.03. The fourth-order valence-electron chi connectivity index (χ4n) is 2.57. The van der Waals surface area contributed by atoms with E-state index in [-0.39, 0.29) is 0 Å². The molecule has 2 atom stereocenters. The van der Waals surface area contributed by atoms with Gasteiger partial charge in [0.05, 0.1) is 0 Å². The van der Waals surface area contributed by atoms with Crippen LogP contribution in [0.2, 0.25) is 0 Å². The summed E-state index contributed by atoms with van der Waals surface area (Å²) < 4.78 is 0. The smallest absolute Gasteiger partial charge is 0.00413 e. The highest BCUT2D eigenvalue weighted by Gasteiger charge is 2.49. The molecule has 2 fully saturated rings. The van der Waals surface area contributed by atoms with Crippen molar-refractivity contribution in [1.82, 2.24) is 4.90 Å². The molecule has 0 aromatic rings. The average molecular weight is 153 g/mol. The molecule has 0 bridgehead atoms. The summed E-state index contributed by atoms with van der Waals surface area (Å²) in [6.07, 6.45) is 2.96. The van der Waals surface area contributed by atoms with Crippen molar-refractivity contribution in [3.05, 3.63) is 0 Å². The van der Waals surface area contributed by atoms with Gasteiger partial charge in [-0.1, -0.05) is 6.92 Å². The molecule has 1 saturated carbocycles. The summed E-state index contributed by atoms with van der Waals surface area (Å²) >= 11 is 0. The summed E-state index contributed by atoms with van der Waals surface area (Å²) in [6, 6.07) is 0.762. The molecule has 0 spiro atoms. The van der Waals surface area contributed by atoms with E-state index < -0.39 is 0 Å². The van der Waals surface area contributed by atoms with E-state index in [1.807, 2.05) is 0 Å². The van der Waals surface area contributed by atoms with Crippen LogP contribution in [0.5, 0.6) is 0 Å². The van der Waals surface area contributed by atoms with Gasteiger partial charge in [0.15, 0.2) is 0 Å². The summed E-state index contributed by atoms with van der Waals surface area (Å²) in [4.78, 5) is 2.64. The van der Waals surface area contributed by atoms with Crippen LogP contribution >= 0.6 is 0 Å². The first-order valence-corrected chi connectivity index (χ1v) is 4.86. The highest BCUT2D eigenvalue weighted by Crippen LogP contribution is 2.51. The maximum Gasteiger partial charge on any atom is 0.00413 e. The van der Waals surface area contributed by atoms with E-state index >= 15 is 0 Å². The van der Waals surface area contributed by atoms with E-state index in [1.165, 1.54) is 25.9 Å². The van der Waals surface area contributed by atoms with Gasteiger partial charge in [-0.05, 0) is 38.0 Å². The van der Waals surface area contributed by atoms with Crippen molar-refractivity contribution in [2.75, 3.05) is 13.1 Å². The number of rotatable bonds is 1. The third kappa shape index (κ3) is 1.01. The highest BCUT2D eigenvalue weighted by atomic mass is 15.2. The Bertz CT molecular complexity index is 164. The number of likely N-dealkylation sites (tertiary alicyclic amines) is 1. The SMILES string of the molecule is CC(C)N1C[C@@H]2CCC2(C)C1. The standard InChI is InChI=1S/C10H19N/c1-8(2)11-6-9-4-5-10(9,3)7-11/h8-9H,4-7H2,1-3H3/t9-,10?/m0/s1. The molecule has 0 N–H and O–H groups in total. The lowest BCUT2D eigenvalue weighted by molar-refractivity contribution is 0.107. The van der Waals surface area contributed by atoms with Crippen molar-refractivity contribution in [2.24, 2.45) is 11.3 Å². The zero-order chi connectivity index (χ0) is 8.06. The average Bonchev–Trinajstić information content (AvgIpc) is 2.13. The van der Waals surface area contributed by atoms with Gasteiger partial charge in [0.2, 0.25) is 0 Å². The van der Waals surface area contributed by atoms with E-state index in [4.69, 9.17) is 0 Å². The summed E-state index contributed by atoms with van der Waals surface area (Å²) in [5, 5.41) is 0. The van der Waals surface area contributed by atoms with Crippen molar-refractivity contribution < 1.29 is 0 Å². The van der Waals surface area contributed by atoms with Gasteiger partial charge in [-0.2, -0.15) is 0 Å². The molecule has 64 valence electrons. The Kier molecular flexibility index (Phi) is 1.54. The van der Waals surface area contributed by atoms with E-state index in [2.05, 4.69) is 25.7 Å². The Morgan fingerprint density at radius 1 is 1.45 bits per heavy atom. The molecule has 1 heteroatoms. The van der Waals surface area contributed by atoms with Gasteiger partial charge in [0.1, 0.15) is 0 Å². The van der Waals surface area contributed by atoms with Crippen LogP contribution in [0.25, 0.3) is 0 Å². The topological polar surface area (TPSA) is 3.24 Å². The second-order valence-electron chi connectivity index (χ2n) is 4.91. The third-order valence-electron chi connectivity index (χ3n) is 3.80. The minimum Gasteiger partial charge on any atom is -0.300 e. The Labute approximate surface area is 69.8 Å². The quantitative estimate of drug-likeness (QED) is 0.558. The number of nitrogens with zero attached hydrogens (tertiary/aromatic N) is 1. The predicted octanol–water partition coefficient (Wildman–Crippen LogP) is 2.13. The van der Waals surface area contributed by atoms with Gasteiger partial charge < -0.3 is 4.90 Å². The monoisotopic (exact) mass is 153 g/mol. The van der Waals surface area contributed by atoms with Crippen LogP contribution in [0.3, 0.4) is 0 Å². The van der Waals surface area contributed by atoms with Crippen molar-refractivity contribution in [1.29, 1.82) is 0 Å². The predicted molar refractivity (Wildman–Crippen MR) is 47.5 cm³/mol. The molecule has 0 aromatic carbocycles. The lowest BCUT2D eigenvalue weighted by Crippen LogP contribution is -2.36. The molecular weight excluding hydrogens is 134 g/mol. The van der Waals surface area contributed by atoms with Gasteiger partial charge in [-0.15, -0.1) is 0 Å². The molecule has 1 saturated heterocycles. The summed E-state index contributed by atoms with van der Waals surface area (Å²) in [5.41, 5.74) is 0.713. The summed E-state index contributed by atoms with van der Waals surface area (Å²) in [7, 11) is 0. The number of hydrogen-bond donors (Lipinski definition) is 0. The van der Waals surface area contributed by atoms with Crippen LogP contribution in [0.1, 0.15) is 33.6 Å². The largest absolute Gasteiger partial charge is 0.300 e. The first-order valence-electron chi connectivity index (χ1n) is 4.86. The van der Waals surface area contributed by atoms with Crippen LogP contribution in [0.15, 0.2) is 0 Å². The van der Waals surface area contributed by atoms with Gasteiger partial charge in [0, 0.05) is 19.1 Å². The highest BCUT2D eigenvalue weighted by molar-refractivity contribution is 5.01. The molecule has 1 heterocycles. The molecule has 0 amide bonds. The molecule has 1 aliphatic heterocycles. The first kappa shape index (κ1) is 7.60. The fraction of sp³-hybridized carbons (Fsp3) is 1.00. The second kappa shape index (κ2) is 2.22. The Balaban J connectivity index is 2.02. The Hall–Kier alpha value is -0.0400. The molecular formula is C10H19N. The molecule has 11 heavy (non-hydrogen) atoms. The zero-order valence-electron chi connectivity index (χ0n) is 7.93. The molecule has 0 radical (unpaired) electrons. The molecule has 1 aliphatic carbocycles. The van der Waals surface area contributed by atoms with Gasteiger partial charge in [-0.25, -0.2) is 0 Å². The lowest BCUT2D eigenvalue weighted by atomic mass is 9.64. The van der Waals surface area contributed by atoms with Crippen molar-refractivity contribution in [3.8, 4) is 0 Å². The Morgan fingerprint density at radius 3 is 2.45 bits per heavy atom. The van der Waals surface area contributed by atoms with E-state index in [0.29, 0.717) is 5.41 Å². The van der Waals surface area contributed by atoms with Gasteiger partial charge >= 0.3 is 0 Å². The molecule has 1 nitrogen and oxygen atoms in total. The summed E-state index contributed by atoms with van der Waals surface area (Å²) in [6.45, 7) is 9.81. The van der Waals surface area contributed by atoms with E-state index in [0.717, 1.165) is 12.0 Å². The van der Waals surface area contributed by atoms with Crippen LogP contribution in [-0.4, -0.2) is 24.0 Å². The maximum absolute atomic E-state index is 2.64. The van der Waals surface area contributed by atoms with Crippen molar-refractivity contribution in [3.63, 3.8) is 0 Å². The number of fused-ring (bicyclic) bond motifs is 1. The maximum atomic E-state index is 2.64. The molecule has 0 aromatic heterocycles. The van der Waals surface area contributed by atoms with Gasteiger partial charge in [-0.3, -0.25) is 0 Å². The van der Waals surface area contributed by atoms with Crippen LogP contribution in [-0.2, 0) is 0 Å². The van der Waals surface area contributed by atoms with E-state index in [1.54, 1.807) is 0 Å². The Morgan fingerprint density at radius 2 is 2.18 bits per heavy atom. The minimum atomic E-state index is 0.713. The minimum absolute atomic E-state index is 0.713. The van der Waals surface area contributed by atoms with Crippen LogP contribution in [0, 0.1) is 11.3 Å². The van der Waals surface area contributed by atoms with Crippen LogP contribution < -0.4 is 0 Å². The third-order valence-corrected chi connectivity index (χ3v) is 3.80. The zero-order valence-corrected chi connectivity index (χ0v) is 7.93. The molecule has 2 aliphatic rings. The molecule has 1 unspecified atom stereocenters. The van der Waals surface area contributed by atoms with Crippen LogP contribution in [0.4, 0.5) is 0 Å². The fourth-order valence-corrected chi connectivity index (χ4v) is 2.57. The molecule has 2 rings (SSSR count). The van der Waals surface area contributed by atoms with E-state index in [9.17, 15) is 0 Å². The lowest BCUT2D eigenvalue weighted by Gasteiger charge is -2.40. The second-order valence-corrected chi connectivity index (χ2v) is 4.91.